The van der Waals surface area contributed by atoms with Crippen LogP contribution < -0.4 is 0 Å². The first-order chi connectivity index (χ1) is 11.0. The Bertz CT molecular complexity index is 433. The van der Waals surface area contributed by atoms with E-state index in [1.54, 1.807) is 0 Å². The van der Waals surface area contributed by atoms with Crippen LogP contribution in [-0.2, 0) is 19.2 Å². The number of aliphatic hydroxyl groups is 2. The van der Waals surface area contributed by atoms with E-state index in [4.69, 9.17) is 20.4 Å². The van der Waals surface area contributed by atoms with E-state index in [2.05, 4.69) is 0 Å². The van der Waals surface area contributed by atoms with Crippen LogP contribution in [0.15, 0.2) is 0 Å². The molecule has 4 atom stereocenters. The zero-order chi connectivity index (χ0) is 18.6. The van der Waals surface area contributed by atoms with E-state index in [0.29, 0.717) is 0 Å². The van der Waals surface area contributed by atoms with Crippen LogP contribution >= 0.6 is 0 Å². The van der Waals surface area contributed by atoms with Gasteiger partial charge in [0.05, 0.1) is 12.2 Å². The van der Waals surface area contributed by atoms with Crippen molar-refractivity contribution < 1.29 is 39.6 Å². The number of hydrogen-bond acceptors (Lipinski definition) is 6. The number of likely N-dealkylation sites (tertiary alicyclic amines) is 2. The molecule has 0 unspecified atom stereocenters. The van der Waals surface area contributed by atoms with Gasteiger partial charge in [-0.25, -0.2) is 9.59 Å². The van der Waals surface area contributed by atoms with Crippen molar-refractivity contribution in [1.82, 2.24) is 9.80 Å². The third-order valence-electron chi connectivity index (χ3n) is 3.94. The van der Waals surface area contributed by atoms with Gasteiger partial charge < -0.3 is 30.2 Å². The molecule has 2 aliphatic rings. The fraction of sp³-hybridized carbons (Fsp3) is 0.714. The lowest BCUT2D eigenvalue weighted by Crippen LogP contribution is -2.39. The van der Waals surface area contributed by atoms with Crippen molar-refractivity contribution in [2.75, 3.05) is 13.1 Å². The Morgan fingerprint density at radius 1 is 0.750 bits per heavy atom. The molecule has 0 bridgehead atoms. The monoisotopic (exact) mass is 346 g/mol. The van der Waals surface area contributed by atoms with Crippen LogP contribution in [0.5, 0.6) is 0 Å². The van der Waals surface area contributed by atoms with Gasteiger partial charge >= 0.3 is 11.9 Å². The van der Waals surface area contributed by atoms with Crippen molar-refractivity contribution >= 4 is 23.8 Å². The molecule has 0 spiro atoms. The SMILES string of the molecule is CC(=O)N1C[C@H](O)C[C@H]1C(=O)O.CC(=O)N1C[C@H](O)C[C@H]1C(=O)O. The maximum atomic E-state index is 10.9. The summed E-state index contributed by atoms with van der Waals surface area (Å²) in [4.78, 5) is 45.2. The third kappa shape index (κ3) is 4.90. The zero-order valence-electron chi connectivity index (χ0n) is 13.5. The van der Waals surface area contributed by atoms with E-state index in [9.17, 15) is 19.2 Å². The first-order valence-electron chi connectivity index (χ1n) is 7.40. The summed E-state index contributed by atoms with van der Waals surface area (Å²) >= 11 is 0. The maximum Gasteiger partial charge on any atom is 0.326 e. The Labute approximate surface area is 138 Å². The number of aliphatic hydroxyl groups excluding tert-OH is 2. The average Bonchev–Trinajstić information content (AvgIpc) is 3.03. The van der Waals surface area contributed by atoms with E-state index >= 15 is 0 Å². The van der Waals surface area contributed by atoms with Gasteiger partial charge in [0.1, 0.15) is 12.1 Å². The van der Waals surface area contributed by atoms with Gasteiger partial charge in [0, 0.05) is 39.8 Å². The second-order valence-electron chi connectivity index (χ2n) is 5.83. The summed E-state index contributed by atoms with van der Waals surface area (Å²) in [6.07, 6.45) is -1.13. The molecule has 0 aromatic carbocycles. The molecule has 0 aliphatic carbocycles. The Balaban J connectivity index is 0.000000240. The lowest BCUT2D eigenvalue weighted by atomic mass is 10.2. The molecule has 0 radical (unpaired) electrons. The molecule has 2 rings (SSSR count). The number of carbonyl (C=O) groups excluding carboxylic acids is 2. The van der Waals surface area contributed by atoms with Crippen LogP contribution in [0.2, 0.25) is 0 Å². The standard InChI is InChI=1S/2C7H11NO4/c2*1-4(9)8-3-5(10)2-6(8)7(11)12/h2*5-6,10H,2-3H2,1H3,(H,11,12)/t2*5-,6+/m11/s1. The number of β-amino-alcohol motifs (C(OH)–C–C–N with tert-alkyl or cyclic N) is 2. The summed E-state index contributed by atoms with van der Waals surface area (Å²) < 4.78 is 0. The third-order valence-corrected chi connectivity index (χ3v) is 3.94. The smallest absolute Gasteiger partial charge is 0.326 e. The number of hydrogen-bond donors (Lipinski definition) is 4. The summed E-state index contributed by atoms with van der Waals surface area (Å²) in [5, 5.41) is 35.5. The molecule has 2 fully saturated rings. The van der Waals surface area contributed by atoms with Crippen LogP contribution in [0.25, 0.3) is 0 Å². The minimum Gasteiger partial charge on any atom is -0.480 e. The topological polar surface area (TPSA) is 156 Å². The lowest BCUT2D eigenvalue weighted by Gasteiger charge is -2.18. The first-order valence-corrected chi connectivity index (χ1v) is 7.40. The molecule has 2 saturated heterocycles. The molecule has 0 saturated carbocycles. The fourth-order valence-corrected chi connectivity index (χ4v) is 2.79. The average molecular weight is 346 g/mol. The van der Waals surface area contributed by atoms with Crippen molar-refractivity contribution in [2.45, 2.75) is 51.0 Å². The quantitative estimate of drug-likeness (QED) is 0.452. The summed E-state index contributed by atoms with van der Waals surface area (Å²) in [6.45, 7) is 2.86. The molecule has 10 heteroatoms. The van der Waals surface area contributed by atoms with Gasteiger partial charge in [-0.2, -0.15) is 0 Å². The number of aliphatic carboxylic acids is 2. The molecule has 0 aromatic rings. The maximum absolute atomic E-state index is 10.9. The van der Waals surface area contributed by atoms with Crippen LogP contribution in [-0.4, -0.2) is 91.4 Å². The van der Waals surface area contributed by atoms with Gasteiger partial charge in [-0.15, -0.1) is 0 Å². The van der Waals surface area contributed by atoms with Gasteiger partial charge in [-0.1, -0.05) is 0 Å². The highest BCUT2D eigenvalue weighted by Crippen LogP contribution is 2.18. The predicted octanol–water partition coefficient (Wildman–Crippen LogP) is -1.89. The second kappa shape index (κ2) is 8.06. The normalized spacial score (nSPS) is 29.0. The predicted molar refractivity (Wildman–Crippen MR) is 78.9 cm³/mol. The molecule has 4 N–H and O–H groups in total. The highest BCUT2D eigenvalue weighted by Gasteiger charge is 2.38. The molecular formula is C14H22N2O8. The van der Waals surface area contributed by atoms with Gasteiger partial charge in [-0.3, -0.25) is 9.59 Å². The number of rotatable bonds is 2. The molecule has 136 valence electrons. The highest BCUT2D eigenvalue weighted by atomic mass is 16.4. The van der Waals surface area contributed by atoms with Crippen molar-refractivity contribution in [3.8, 4) is 0 Å². The number of nitrogens with zero attached hydrogens (tertiary/aromatic N) is 2. The first kappa shape index (κ1) is 19.8. The van der Waals surface area contributed by atoms with Crippen LogP contribution in [0, 0.1) is 0 Å². The number of carbonyl (C=O) groups is 4. The lowest BCUT2D eigenvalue weighted by molar-refractivity contribution is -0.147. The molecule has 10 nitrogen and oxygen atoms in total. The second-order valence-corrected chi connectivity index (χ2v) is 5.83. The zero-order valence-corrected chi connectivity index (χ0v) is 13.5. The van der Waals surface area contributed by atoms with Crippen LogP contribution in [0.4, 0.5) is 0 Å². The van der Waals surface area contributed by atoms with E-state index in [1.165, 1.54) is 23.6 Å². The minimum atomic E-state index is -1.05. The number of amides is 2. The van der Waals surface area contributed by atoms with E-state index in [1.807, 2.05) is 0 Å². The largest absolute Gasteiger partial charge is 0.480 e. The Morgan fingerprint density at radius 2 is 1.04 bits per heavy atom. The number of carboxylic acids is 2. The van der Waals surface area contributed by atoms with Gasteiger partial charge in [-0.05, 0) is 0 Å². The molecule has 24 heavy (non-hydrogen) atoms. The van der Waals surface area contributed by atoms with Crippen LogP contribution in [0.1, 0.15) is 26.7 Å². The summed E-state index contributed by atoms with van der Waals surface area (Å²) in [5.74, 6) is -2.72. The van der Waals surface area contributed by atoms with E-state index in [-0.39, 0.29) is 37.7 Å². The molecule has 2 amide bonds. The van der Waals surface area contributed by atoms with Crippen LogP contribution in [0.3, 0.4) is 0 Å². The molecule has 2 heterocycles. The summed E-state index contributed by atoms with van der Waals surface area (Å²) in [7, 11) is 0. The highest BCUT2D eigenvalue weighted by molar-refractivity contribution is 5.83. The van der Waals surface area contributed by atoms with Crippen molar-refractivity contribution in [2.24, 2.45) is 0 Å². The van der Waals surface area contributed by atoms with E-state index in [0.717, 1.165) is 0 Å². The van der Waals surface area contributed by atoms with Gasteiger partial charge in [0.25, 0.3) is 0 Å². The molecular weight excluding hydrogens is 324 g/mol. The summed E-state index contributed by atoms with van der Waals surface area (Å²) in [5.41, 5.74) is 0. The Morgan fingerprint density at radius 3 is 1.21 bits per heavy atom. The molecule has 0 aromatic heterocycles. The Hall–Kier alpha value is -2.20. The van der Waals surface area contributed by atoms with Gasteiger partial charge in [0.15, 0.2) is 0 Å². The number of carboxylic acid groups (broad SMARTS) is 2. The fourth-order valence-electron chi connectivity index (χ4n) is 2.79. The van der Waals surface area contributed by atoms with Crippen molar-refractivity contribution in [3.63, 3.8) is 0 Å². The van der Waals surface area contributed by atoms with Gasteiger partial charge in [0.2, 0.25) is 11.8 Å². The summed E-state index contributed by atoms with van der Waals surface area (Å²) in [6, 6.07) is -1.70. The minimum absolute atomic E-state index is 0.131. The van der Waals surface area contributed by atoms with Crippen molar-refractivity contribution in [1.29, 1.82) is 0 Å². The molecule has 2 aliphatic heterocycles. The Kier molecular flexibility index (Phi) is 6.67. The van der Waals surface area contributed by atoms with Crippen molar-refractivity contribution in [3.05, 3.63) is 0 Å². The van der Waals surface area contributed by atoms with E-state index < -0.39 is 36.2 Å².